The quantitative estimate of drug-likeness (QED) is 0.190. The molecule has 0 aliphatic rings. The van der Waals surface area contributed by atoms with E-state index in [2.05, 4.69) is 20.6 Å². The molecule has 0 bridgehead atoms. The molecule has 0 aliphatic heterocycles. The second-order valence-electron chi connectivity index (χ2n) is 6.99. The van der Waals surface area contributed by atoms with Crippen molar-refractivity contribution in [2.75, 3.05) is 4.72 Å². The monoisotopic (exact) mass is 482 g/mol. The Bertz CT molecular complexity index is 1470. The number of ketones is 1. The van der Waals surface area contributed by atoms with Gasteiger partial charge in [0.15, 0.2) is 0 Å². The summed E-state index contributed by atoms with van der Waals surface area (Å²) in [5.41, 5.74) is 5.70. The predicted octanol–water partition coefficient (Wildman–Crippen LogP) is 2.98. The minimum atomic E-state index is -3.88. The number of carbonyl (C=O) groups is 3. The number of nitrogens with one attached hydrogen (secondary N) is 4. The number of H-pyrrole nitrogens is 1. The van der Waals surface area contributed by atoms with Gasteiger partial charge in [-0.3, -0.25) is 30.0 Å². The summed E-state index contributed by atoms with van der Waals surface area (Å²) in [6, 6.07) is 16.0. The number of hydrogen-bond donors (Lipinski definition) is 4. The van der Waals surface area contributed by atoms with Gasteiger partial charge in [-0.25, -0.2) is 8.42 Å². The molecule has 2 aromatic carbocycles. The van der Waals surface area contributed by atoms with Crippen LogP contribution in [0.15, 0.2) is 70.3 Å². The van der Waals surface area contributed by atoms with Crippen LogP contribution in [0, 0.1) is 6.92 Å². The van der Waals surface area contributed by atoms with Crippen molar-refractivity contribution < 1.29 is 22.8 Å². The molecular weight excluding hydrogens is 464 g/mol. The Morgan fingerprint density at radius 1 is 0.909 bits per heavy atom. The number of aromatic nitrogens is 1. The standard InChI is InChI=1S/C22H18N4O5S2/c1-13-19(14-7-2-4-9-16(14)23-13)20(27)22(29)25-24-21(28)15-8-3-5-10-17(15)26-33(30,31)18-11-6-12-32-18/h2-12,23,26H,1H3,(H,24,28)(H,25,29). The van der Waals surface area contributed by atoms with Crippen LogP contribution >= 0.6 is 11.3 Å². The zero-order chi connectivity index (χ0) is 23.6. The second-order valence-corrected chi connectivity index (χ2v) is 9.85. The third-order valence-corrected chi connectivity index (χ3v) is 7.56. The van der Waals surface area contributed by atoms with Gasteiger partial charge in [0.1, 0.15) is 4.21 Å². The summed E-state index contributed by atoms with van der Waals surface area (Å²) in [6.45, 7) is 1.68. The lowest BCUT2D eigenvalue weighted by Gasteiger charge is -2.12. The highest BCUT2D eigenvalue weighted by molar-refractivity contribution is 7.94. The number of fused-ring (bicyclic) bond motifs is 1. The Balaban J connectivity index is 1.49. The molecule has 2 heterocycles. The lowest BCUT2D eigenvalue weighted by Crippen LogP contribution is -2.45. The molecule has 0 radical (unpaired) electrons. The van der Waals surface area contributed by atoms with Crippen molar-refractivity contribution in [3.05, 3.63) is 82.9 Å². The average Bonchev–Trinajstić information content (AvgIpc) is 3.45. The number of aromatic amines is 1. The first-order valence-corrected chi connectivity index (χ1v) is 12.0. The van der Waals surface area contributed by atoms with E-state index in [-0.39, 0.29) is 21.0 Å². The smallest absolute Gasteiger partial charge is 0.310 e. The van der Waals surface area contributed by atoms with Gasteiger partial charge in [0.05, 0.1) is 16.8 Å². The van der Waals surface area contributed by atoms with E-state index in [9.17, 15) is 22.8 Å². The summed E-state index contributed by atoms with van der Waals surface area (Å²) < 4.78 is 27.5. The Morgan fingerprint density at radius 2 is 1.64 bits per heavy atom. The number of thiophene rings is 1. The maximum Gasteiger partial charge on any atom is 0.310 e. The van der Waals surface area contributed by atoms with Gasteiger partial charge >= 0.3 is 5.91 Å². The highest BCUT2D eigenvalue weighted by Crippen LogP contribution is 2.23. The first kappa shape index (κ1) is 22.2. The Labute approximate surface area is 192 Å². The minimum absolute atomic E-state index is 0.0245. The summed E-state index contributed by atoms with van der Waals surface area (Å²) in [5.74, 6) is -2.65. The van der Waals surface area contributed by atoms with Crippen LogP contribution in [-0.4, -0.2) is 31.0 Å². The van der Waals surface area contributed by atoms with Crippen LogP contribution in [-0.2, 0) is 14.8 Å². The fourth-order valence-electron chi connectivity index (χ4n) is 3.30. The Kier molecular flexibility index (Phi) is 5.99. The number of hydrazine groups is 1. The molecular formula is C22H18N4O5S2. The van der Waals surface area contributed by atoms with E-state index in [4.69, 9.17) is 0 Å². The van der Waals surface area contributed by atoms with Gasteiger partial charge in [0.2, 0.25) is 0 Å². The van der Waals surface area contributed by atoms with Gasteiger partial charge in [-0.2, -0.15) is 0 Å². The number of para-hydroxylation sites is 2. The van der Waals surface area contributed by atoms with E-state index >= 15 is 0 Å². The third kappa shape index (κ3) is 4.49. The average molecular weight is 483 g/mol. The molecule has 33 heavy (non-hydrogen) atoms. The number of benzene rings is 2. The molecule has 0 saturated carbocycles. The lowest BCUT2D eigenvalue weighted by atomic mass is 10.1. The zero-order valence-corrected chi connectivity index (χ0v) is 18.8. The molecule has 2 aromatic heterocycles. The molecule has 4 N–H and O–H groups in total. The predicted molar refractivity (Wildman–Crippen MR) is 125 cm³/mol. The highest BCUT2D eigenvalue weighted by atomic mass is 32.2. The molecule has 0 fully saturated rings. The van der Waals surface area contributed by atoms with Crippen LogP contribution in [0.1, 0.15) is 26.4 Å². The summed E-state index contributed by atoms with van der Waals surface area (Å²) in [4.78, 5) is 40.8. The van der Waals surface area contributed by atoms with E-state index in [1.165, 1.54) is 18.2 Å². The van der Waals surface area contributed by atoms with Gasteiger partial charge in [-0.1, -0.05) is 36.4 Å². The summed E-state index contributed by atoms with van der Waals surface area (Å²) in [6.07, 6.45) is 0. The van der Waals surface area contributed by atoms with E-state index < -0.39 is 27.6 Å². The largest absolute Gasteiger partial charge is 0.358 e. The lowest BCUT2D eigenvalue weighted by molar-refractivity contribution is -0.117. The van der Waals surface area contributed by atoms with Crippen molar-refractivity contribution in [3.8, 4) is 0 Å². The van der Waals surface area contributed by atoms with Crippen molar-refractivity contribution in [1.29, 1.82) is 0 Å². The summed E-state index contributed by atoms with van der Waals surface area (Å²) in [7, 11) is -3.88. The van der Waals surface area contributed by atoms with Gasteiger partial charge in [-0.15, -0.1) is 11.3 Å². The molecule has 2 amide bonds. The van der Waals surface area contributed by atoms with E-state index in [1.807, 2.05) is 0 Å². The summed E-state index contributed by atoms with van der Waals surface area (Å²) in [5, 5.41) is 2.21. The first-order valence-electron chi connectivity index (χ1n) is 9.65. The second kappa shape index (κ2) is 8.88. The fourth-order valence-corrected chi connectivity index (χ4v) is 5.37. The normalized spacial score (nSPS) is 11.2. The molecule has 4 aromatic rings. The summed E-state index contributed by atoms with van der Waals surface area (Å²) >= 11 is 1.03. The van der Waals surface area contributed by atoms with Crippen LogP contribution in [0.3, 0.4) is 0 Å². The van der Waals surface area contributed by atoms with Crippen molar-refractivity contribution in [1.82, 2.24) is 15.8 Å². The number of carbonyl (C=O) groups excluding carboxylic acids is 3. The SMILES string of the molecule is Cc1[nH]c2ccccc2c1C(=O)C(=O)NNC(=O)c1ccccc1NS(=O)(=O)c1cccs1. The van der Waals surface area contributed by atoms with Crippen molar-refractivity contribution in [3.63, 3.8) is 0 Å². The van der Waals surface area contributed by atoms with Crippen LogP contribution in [0.5, 0.6) is 0 Å². The highest BCUT2D eigenvalue weighted by Gasteiger charge is 2.24. The first-order chi connectivity index (χ1) is 15.8. The third-order valence-electron chi connectivity index (χ3n) is 4.79. The number of Topliss-reactive ketones (excluding diaryl/α,β-unsaturated/α-hetero) is 1. The Morgan fingerprint density at radius 3 is 2.39 bits per heavy atom. The van der Waals surface area contributed by atoms with Crippen LogP contribution in [0.4, 0.5) is 5.69 Å². The number of rotatable bonds is 6. The van der Waals surface area contributed by atoms with E-state index in [0.717, 1.165) is 11.3 Å². The van der Waals surface area contributed by atoms with E-state index in [1.54, 1.807) is 54.8 Å². The molecule has 168 valence electrons. The zero-order valence-electron chi connectivity index (χ0n) is 17.2. The van der Waals surface area contributed by atoms with Crippen LogP contribution < -0.4 is 15.6 Å². The van der Waals surface area contributed by atoms with E-state index in [0.29, 0.717) is 16.6 Å². The minimum Gasteiger partial charge on any atom is -0.358 e. The molecule has 0 atom stereocenters. The molecule has 0 spiro atoms. The van der Waals surface area contributed by atoms with Crippen molar-refractivity contribution >= 4 is 55.5 Å². The fraction of sp³-hybridized carbons (Fsp3) is 0.0455. The van der Waals surface area contributed by atoms with Crippen molar-refractivity contribution in [2.45, 2.75) is 11.1 Å². The molecule has 4 rings (SSSR count). The van der Waals surface area contributed by atoms with Gasteiger partial charge < -0.3 is 4.98 Å². The number of hydrogen-bond acceptors (Lipinski definition) is 6. The molecule has 0 saturated heterocycles. The molecule has 0 aliphatic carbocycles. The molecule has 9 nitrogen and oxygen atoms in total. The van der Waals surface area contributed by atoms with Gasteiger partial charge in [0.25, 0.3) is 21.7 Å². The van der Waals surface area contributed by atoms with Crippen LogP contribution in [0.25, 0.3) is 10.9 Å². The van der Waals surface area contributed by atoms with Crippen LogP contribution in [0.2, 0.25) is 0 Å². The molecule has 11 heteroatoms. The number of aryl methyl sites for hydroxylation is 1. The number of sulfonamides is 1. The van der Waals surface area contributed by atoms with Gasteiger partial charge in [-0.05, 0) is 36.6 Å². The number of anilines is 1. The van der Waals surface area contributed by atoms with Crippen molar-refractivity contribution in [2.24, 2.45) is 0 Å². The number of amides is 2. The van der Waals surface area contributed by atoms with Gasteiger partial charge in [0, 0.05) is 16.6 Å². The molecule has 0 unspecified atom stereocenters. The Hall–Kier alpha value is -3.96. The maximum absolute atomic E-state index is 12.7. The topological polar surface area (TPSA) is 137 Å². The maximum atomic E-state index is 12.7.